The highest BCUT2D eigenvalue weighted by Gasteiger charge is 2.12. The molecule has 1 atom stereocenters. The molecule has 1 unspecified atom stereocenters. The van der Waals surface area contributed by atoms with Crippen LogP contribution in [-0.4, -0.2) is 0 Å². The van der Waals surface area contributed by atoms with Crippen LogP contribution in [0, 0.1) is 6.92 Å². The molecule has 0 spiro atoms. The second kappa shape index (κ2) is 5.16. The largest absolute Gasteiger partial charge is 0.323 e. The van der Waals surface area contributed by atoms with E-state index in [1.165, 1.54) is 26.8 Å². The first-order valence-electron chi connectivity index (χ1n) is 6.52. The summed E-state index contributed by atoms with van der Waals surface area (Å²) in [6.45, 7) is 2.13. The lowest BCUT2D eigenvalue weighted by Crippen LogP contribution is -2.13. The number of hydrogen-bond acceptors (Lipinski definition) is 2. The maximum Gasteiger partial charge on any atom is 0.0433 e. The van der Waals surface area contributed by atoms with Gasteiger partial charge in [-0.15, -0.1) is 11.3 Å². The molecule has 19 heavy (non-hydrogen) atoms. The van der Waals surface area contributed by atoms with E-state index < -0.39 is 0 Å². The molecular weight excluding hydrogens is 250 g/mol. The van der Waals surface area contributed by atoms with E-state index in [1.807, 2.05) is 0 Å². The molecule has 3 aromatic rings. The van der Waals surface area contributed by atoms with Gasteiger partial charge < -0.3 is 5.73 Å². The zero-order valence-electron chi connectivity index (χ0n) is 11.0. The summed E-state index contributed by atoms with van der Waals surface area (Å²) in [5.74, 6) is 0. The van der Waals surface area contributed by atoms with E-state index in [1.54, 1.807) is 11.3 Å². The van der Waals surface area contributed by atoms with Crippen LogP contribution in [0.2, 0.25) is 0 Å². The quantitative estimate of drug-likeness (QED) is 0.745. The van der Waals surface area contributed by atoms with E-state index in [0.29, 0.717) is 0 Å². The Hall–Kier alpha value is -1.64. The monoisotopic (exact) mass is 267 g/mol. The van der Waals surface area contributed by atoms with Crippen molar-refractivity contribution >= 4 is 22.1 Å². The number of aryl methyl sites for hydroxylation is 1. The molecule has 2 N–H and O–H groups in total. The average Bonchev–Trinajstić information content (AvgIpc) is 2.85. The predicted molar refractivity (Wildman–Crippen MR) is 83.6 cm³/mol. The summed E-state index contributed by atoms with van der Waals surface area (Å²) < 4.78 is 0. The normalized spacial score (nSPS) is 12.7. The van der Waals surface area contributed by atoms with Gasteiger partial charge in [-0.25, -0.2) is 0 Å². The Kier molecular flexibility index (Phi) is 3.36. The molecule has 0 aliphatic heterocycles. The van der Waals surface area contributed by atoms with Gasteiger partial charge in [0.05, 0.1) is 0 Å². The molecule has 0 saturated heterocycles. The lowest BCUT2D eigenvalue weighted by atomic mass is 9.98. The van der Waals surface area contributed by atoms with Crippen LogP contribution in [0.3, 0.4) is 0 Å². The van der Waals surface area contributed by atoms with Crippen LogP contribution in [0.15, 0.2) is 53.9 Å². The summed E-state index contributed by atoms with van der Waals surface area (Å²) in [5.41, 5.74) is 9.01. The topological polar surface area (TPSA) is 26.0 Å². The van der Waals surface area contributed by atoms with Crippen molar-refractivity contribution in [1.82, 2.24) is 0 Å². The van der Waals surface area contributed by atoms with Gasteiger partial charge in [-0.1, -0.05) is 42.5 Å². The van der Waals surface area contributed by atoms with Crippen LogP contribution in [0.1, 0.15) is 22.0 Å². The van der Waals surface area contributed by atoms with Crippen LogP contribution in [-0.2, 0) is 6.42 Å². The number of hydrogen-bond donors (Lipinski definition) is 1. The van der Waals surface area contributed by atoms with Crippen molar-refractivity contribution in [3.63, 3.8) is 0 Å². The lowest BCUT2D eigenvalue weighted by molar-refractivity contribution is 0.736. The van der Waals surface area contributed by atoms with E-state index in [0.717, 1.165) is 6.42 Å². The third-order valence-electron chi connectivity index (χ3n) is 3.56. The first-order chi connectivity index (χ1) is 9.25. The Morgan fingerprint density at radius 3 is 2.63 bits per heavy atom. The Labute approximate surface area is 117 Å². The van der Waals surface area contributed by atoms with Crippen LogP contribution in [0.5, 0.6) is 0 Å². The highest BCUT2D eigenvalue weighted by atomic mass is 32.1. The molecule has 0 aliphatic carbocycles. The highest BCUT2D eigenvalue weighted by molar-refractivity contribution is 7.10. The third kappa shape index (κ3) is 2.42. The minimum Gasteiger partial charge on any atom is -0.323 e. The minimum atomic E-state index is 0.0887. The molecule has 0 amide bonds. The fourth-order valence-corrected chi connectivity index (χ4v) is 3.50. The molecule has 0 fully saturated rings. The van der Waals surface area contributed by atoms with Gasteiger partial charge in [-0.2, -0.15) is 0 Å². The van der Waals surface area contributed by atoms with Gasteiger partial charge in [0.15, 0.2) is 0 Å². The van der Waals surface area contributed by atoms with Crippen molar-refractivity contribution in [1.29, 1.82) is 0 Å². The second-order valence-corrected chi connectivity index (χ2v) is 5.86. The molecule has 2 aromatic carbocycles. The van der Waals surface area contributed by atoms with Gasteiger partial charge in [0.1, 0.15) is 0 Å². The van der Waals surface area contributed by atoms with E-state index in [-0.39, 0.29) is 6.04 Å². The molecule has 1 aromatic heterocycles. The zero-order chi connectivity index (χ0) is 13.2. The predicted octanol–water partition coefficient (Wildman–Crippen LogP) is 4.45. The highest BCUT2D eigenvalue weighted by Crippen LogP contribution is 2.27. The Bertz CT molecular complexity index is 694. The van der Waals surface area contributed by atoms with Gasteiger partial charge >= 0.3 is 0 Å². The molecule has 0 bridgehead atoms. The van der Waals surface area contributed by atoms with Crippen molar-refractivity contribution in [3.8, 4) is 0 Å². The number of rotatable bonds is 3. The summed E-state index contributed by atoms with van der Waals surface area (Å²) >= 11 is 1.76. The van der Waals surface area contributed by atoms with E-state index >= 15 is 0 Å². The van der Waals surface area contributed by atoms with Crippen LogP contribution in [0.25, 0.3) is 10.8 Å². The Morgan fingerprint density at radius 1 is 1.05 bits per heavy atom. The molecule has 0 radical (unpaired) electrons. The molecule has 0 aliphatic rings. The summed E-state index contributed by atoms with van der Waals surface area (Å²) in [5, 5.41) is 4.72. The molecule has 0 saturated carbocycles. The van der Waals surface area contributed by atoms with Crippen molar-refractivity contribution in [2.24, 2.45) is 5.73 Å². The minimum absolute atomic E-state index is 0.0887. The molecule has 2 heteroatoms. The summed E-state index contributed by atoms with van der Waals surface area (Å²) in [7, 11) is 0. The van der Waals surface area contributed by atoms with Crippen molar-refractivity contribution < 1.29 is 0 Å². The van der Waals surface area contributed by atoms with Gasteiger partial charge in [0, 0.05) is 10.9 Å². The van der Waals surface area contributed by atoms with Crippen LogP contribution >= 0.6 is 11.3 Å². The summed E-state index contributed by atoms with van der Waals surface area (Å²) in [4.78, 5) is 1.30. The van der Waals surface area contributed by atoms with Gasteiger partial charge in [0.25, 0.3) is 0 Å². The molecule has 96 valence electrons. The molecule has 3 rings (SSSR count). The molecular formula is C17H17NS. The fraction of sp³-hybridized carbons (Fsp3) is 0.176. The van der Waals surface area contributed by atoms with Gasteiger partial charge in [0.2, 0.25) is 0 Å². The van der Waals surface area contributed by atoms with Crippen molar-refractivity contribution in [2.45, 2.75) is 19.4 Å². The number of thiophene rings is 1. The average molecular weight is 267 g/mol. The standard InChI is InChI=1S/C17H17NS/c1-12-9-10-19-17(12)16(18)11-14-7-4-6-13-5-2-3-8-15(13)14/h2-10,16H,11,18H2,1H3. The maximum atomic E-state index is 6.37. The fourth-order valence-electron chi connectivity index (χ4n) is 2.56. The zero-order valence-corrected chi connectivity index (χ0v) is 11.8. The summed E-state index contributed by atoms with van der Waals surface area (Å²) in [6.07, 6.45) is 0.892. The smallest absolute Gasteiger partial charge is 0.0433 e. The Morgan fingerprint density at radius 2 is 1.84 bits per heavy atom. The van der Waals surface area contributed by atoms with E-state index in [9.17, 15) is 0 Å². The maximum absolute atomic E-state index is 6.37. The van der Waals surface area contributed by atoms with E-state index in [2.05, 4.69) is 60.8 Å². The number of fused-ring (bicyclic) bond motifs is 1. The van der Waals surface area contributed by atoms with Crippen LogP contribution in [0.4, 0.5) is 0 Å². The lowest BCUT2D eigenvalue weighted by Gasteiger charge is -2.13. The first kappa shape index (κ1) is 12.4. The third-order valence-corrected chi connectivity index (χ3v) is 4.71. The van der Waals surface area contributed by atoms with E-state index in [4.69, 9.17) is 5.73 Å². The molecule has 1 nitrogen and oxygen atoms in total. The van der Waals surface area contributed by atoms with Gasteiger partial charge in [-0.05, 0) is 46.7 Å². The Balaban J connectivity index is 1.96. The SMILES string of the molecule is Cc1ccsc1C(N)Cc1cccc2ccccc12. The van der Waals surface area contributed by atoms with Crippen molar-refractivity contribution in [2.75, 3.05) is 0 Å². The number of benzene rings is 2. The molecule has 1 heterocycles. The first-order valence-corrected chi connectivity index (χ1v) is 7.40. The second-order valence-electron chi connectivity index (χ2n) is 4.92. The summed E-state index contributed by atoms with van der Waals surface area (Å²) in [6, 6.07) is 17.2. The van der Waals surface area contributed by atoms with Crippen molar-refractivity contribution in [3.05, 3.63) is 69.9 Å². The van der Waals surface area contributed by atoms with Gasteiger partial charge in [-0.3, -0.25) is 0 Å². The number of nitrogens with two attached hydrogens (primary N) is 1. The van der Waals surface area contributed by atoms with Crippen LogP contribution < -0.4 is 5.73 Å².